The molecule has 4 aromatic rings. The number of hydrogen-bond acceptors (Lipinski definition) is 2. The number of imidazole rings is 1. The molecule has 0 radical (unpaired) electrons. The molecule has 0 atom stereocenters. The lowest BCUT2D eigenvalue weighted by atomic mass is 10.1. The summed E-state index contributed by atoms with van der Waals surface area (Å²) in [5.41, 5.74) is 4.12. The van der Waals surface area contributed by atoms with Crippen LogP contribution in [0.4, 0.5) is 0 Å². The molecule has 1 N–H and O–H groups in total. The van der Waals surface area contributed by atoms with Crippen LogP contribution in [0.25, 0.3) is 11.0 Å². The van der Waals surface area contributed by atoms with E-state index in [0.717, 1.165) is 50.0 Å². The molecule has 0 saturated carbocycles. The van der Waals surface area contributed by atoms with Crippen molar-refractivity contribution in [2.75, 3.05) is 6.54 Å². The summed E-state index contributed by atoms with van der Waals surface area (Å²) in [7, 11) is 0. The molecule has 0 fully saturated rings. The number of nitrogens with zero attached hydrogens (tertiary/aromatic N) is 2. The molecule has 1 heterocycles. The molecule has 0 saturated heterocycles. The summed E-state index contributed by atoms with van der Waals surface area (Å²) >= 11 is 6.09. The van der Waals surface area contributed by atoms with E-state index in [1.165, 1.54) is 11.1 Å². The Morgan fingerprint density at radius 3 is 2.44 bits per heavy atom. The molecule has 1 amide bonds. The number of para-hydroxylation sites is 2. The van der Waals surface area contributed by atoms with Crippen LogP contribution in [0.2, 0.25) is 5.02 Å². The summed E-state index contributed by atoms with van der Waals surface area (Å²) in [4.78, 5) is 17.1. The number of carbonyl (C=O) groups excluding carboxylic acids is 1. The Labute approximate surface area is 194 Å². The maximum atomic E-state index is 12.2. The van der Waals surface area contributed by atoms with Crippen molar-refractivity contribution >= 4 is 28.5 Å². The van der Waals surface area contributed by atoms with E-state index in [2.05, 4.69) is 58.4 Å². The average Bonchev–Trinajstić information content (AvgIpc) is 3.18. The minimum absolute atomic E-state index is 0.113. The van der Waals surface area contributed by atoms with Crippen molar-refractivity contribution in [3.05, 3.63) is 101 Å². The first-order valence-electron chi connectivity index (χ1n) is 11.2. The molecule has 0 spiro atoms. The van der Waals surface area contributed by atoms with Crippen molar-refractivity contribution in [3.8, 4) is 0 Å². The minimum Gasteiger partial charge on any atom is -0.352 e. The molecule has 0 aliphatic carbocycles. The Morgan fingerprint density at radius 2 is 1.59 bits per heavy atom. The lowest BCUT2D eigenvalue weighted by molar-refractivity contribution is 0.0953. The van der Waals surface area contributed by atoms with E-state index in [0.29, 0.717) is 17.1 Å². The molecule has 32 heavy (non-hydrogen) atoms. The number of halogens is 1. The number of benzene rings is 3. The minimum atomic E-state index is -0.113. The van der Waals surface area contributed by atoms with Crippen molar-refractivity contribution in [1.82, 2.24) is 14.9 Å². The highest BCUT2D eigenvalue weighted by Gasteiger charge is 2.11. The molecule has 3 aromatic carbocycles. The second-order valence-electron chi connectivity index (χ2n) is 7.95. The van der Waals surface area contributed by atoms with Crippen LogP contribution >= 0.6 is 11.6 Å². The number of fused-ring (bicyclic) bond motifs is 1. The van der Waals surface area contributed by atoms with Crippen LogP contribution in [-0.2, 0) is 19.4 Å². The van der Waals surface area contributed by atoms with Crippen molar-refractivity contribution in [1.29, 1.82) is 0 Å². The normalized spacial score (nSPS) is 11.0. The van der Waals surface area contributed by atoms with Gasteiger partial charge in [-0.1, -0.05) is 72.6 Å². The predicted octanol–water partition coefficient (Wildman–Crippen LogP) is 6.08. The summed E-state index contributed by atoms with van der Waals surface area (Å²) in [5.74, 6) is 1.03. The number of amides is 1. The maximum absolute atomic E-state index is 12.2. The predicted molar refractivity (Wildman–Crippen MR) is 131 cm³/mol. The van der Waals surface area contributed by atoms with Crippen molar-refractivity contribution in [2.24, 2.45) is 0 Å². The van der Waals surface area contributed by atoms with E-state index in [9.17, 15) is 4.79 Å². The van der Waals surface area contributed by atoms with Crippen LogP contribution in [0.1, 0.15) is 41.0 Å². The fraction of sp³-hybridized carbons (Fsp3) is 0.259. The number of hydrogen-bond donors (Lipinski definition) is 1. The zero-order valence-electron chi connectivity index (χ0n) is 18.1. The van der Waals surface area contributed by atoms with Gasteiger partial charge in [0.2, 0.25) is 0 Å². The van der Waals surface area contributed by atoms with Crippen molar-refractivity contribution < 1.29 is 4.79 Å². The third kappa shape index (κ3) is 5.57. The first-order valence-corrected chi connectivity index (χ1v) is 11.6. The van der Waals surface area contributed by atoms with Gasteiger partial charge in [-0.3, -0.25) is 4.79 Å². The van der Waals surface area contributed by atoms with Crippen molar-refractivity contribution in [2.45, 2.75) is 38.6 Å². The van der Waals surface area contributed by atoms with E-state index in [1.54, 1.807) is 12.1 Å². The Morgan fingerprint density at radius 1 is 0.844 bits per heavy atom. The van der Waals surface area contributed by atoms with Gasteiger partial charge in [0.15, 0.2) is 0 Å². The molecular formula is C27H28ClN3O. The third-order valence-electron chi connectivity index (χ3n) is 5.68. The summed E-state index contributed by atoms with van der Waals surface area (Å²) in [6.07, 6.45) is 4.92. The van der Waals surface area contributed by atoms with Crippen LogP contribution in [0, 0.1) is 0 Å². The molecule has 4 nitrogen and oxygen atoms in total. The summed E-state index contributed by atoms with van der Waals surface area (Å²) in [6.45, 7) is 1.57. The van der Waals surface area contributed by atoms with Crippen molar-refractivity contribution in [3.63, 3.8) is 0 Å². The van der Waals surface area contributed by atoms with Crippen LogP contribution in [-0.4, -0.2) is 22.0 Å². The van der Waals surface area contributed by atoms with E-state index in [-0.39, 0.29) is 5.91 Å². The zero-order valence-corrected chi connectivity index (χ0v) is 18.9. The number of nitrogens with one attached hydrogen (secondary N) is 1. The van der Waals surface area contributed by atoms with Gasteiger partial charge < -0.3 is 9.88 Å². The van der Waals surface area contributed by atoms with Crippen LogP contribution < -0.4 is 5.32 Å². The molecule has 1 aromatic heterocycles. The summed E-state index contributed by atoms with van der Waals surface area (Å²) in [5, 5.41) is 3.45. The molecule has 0 unspecified atom stereocenters. The van der Waals surface area contributed by atoms with E-state index >= 15 is 0 Å². The molecule has 0 aliphatic rings. The van der Waals surface area contributed by atoms with E-state index in [4.69, 9.17) is 16.6 Å². The van der Waals surface area contributed by atoms with Gasteiger partial charge in [0.25, 0.3) is 5.91 Å². The highest BCUT2D eigenvalue weighted by Crippen LogP contribution is 2.19. The number of unbranched alkanes of at least 4 members (excludes halogenated alkanes) is 2. The quantitative estimate of drug-likeness (QED) is 0.301. The molecular weight excluding hydrogens is 418 g/mol. The second kappa shape index (κ2) is 11.0. The number of aryl methyl sites for hydroxylation is 3. The van der Waals surface area contributed by atoms with E-state index in [1.807, 2.05) is 18.2 Å². The van der Waals surface area contributed by atoms with Gasteiger partial charge in [-0.2, -0.15) is 0 Å². The fourth-order valence-corrected chi connectivity index (χ4v) is 4.20. The first-order chi connectivity index (χ1) is 15.7. The van der Waals surface area contributed by atoms with Gasteiger partial charge in [-0.05, 0) is 49.1 Å². The number of carbonyl (C=O) groups is 1. The fourth-order valence-electron chi connectivity index (χ4n) is 3.98. The smallest absolute Gasteiger partial charge is 0.252 e. The number of rotatable bonds is 10. The van der Waals surface area contributed by atoms with Gasteiger partial charge in [-0.15, -0.1) is 0 Å². The molecule has 164 valence electrons. The molecule has 0 bridgehead atoms. The average molecular weight is 446 g/mol. The van der Waals surface area contributed by atoms with Gasteiger partial charge in [0.1, 0.15) is 5.82 Å². The molecule has 4 rings (SSSR count). The topological polar surface area (TPSA) is 46.9 Å². The number of aromatic nitrogens is 2. The monoisotopic (exact) mass is 445 g/mol. The van der Waals surface area contributed by atoms with E-state index < -0.39 is 0 Å². The lowest BCUT2D eigenvalue weighted by Crippen LogP contribution is -2.24. The van der Waals surface area contributed by atoms with Crippen LogP contribution in [0.3, 0.4) is 0 Å². The molecule has 5 heteroatoms. The second-order valence-corrected chi connectivity index (χ2v) is 8.36. The van der Waals surface area contributed by atoms with Gasteiger partial charge in [0.05, 0.1) is 21.6 Å². The Balaban J connectivity index is 1.29. The standard InChI is InChI=1S/C27H28ClN3O/c28-23-14-7-6-13-22(23)27(32)29-19-10-2-5-17-26-30-24-15-8-9-16-25(24)31(26)20-18-21-11-3-1-4-12-21/h1,3-4,6-9,11-16H,2,5,10,17-20H2,(H,29,32). The first kappa shape index (κ1) is 22.1. The third-order valence-corrected chi connectivity index (χ3v) is 6.01. The summed E-state index contributed by atoms with van der Waals surface area (Å²) in [6, 6.07) is 26.1. The Kier molecular flexibility index (Phi) is 7.57. The van der Waals surface area contributed by atoms with Gasteiger partial charge in [-0.25, -0.2) is 4.98 Å². The van der Waals surface area contributed by atoms with Crippen LogP contribution in [0.15, 0.2) is 78.9 Å². The SMILES string of the molecule is O=C(NCCCCCc1nc2ccccc2n1CCc1ccccc1)c1ccccc1Cl. The zero-order chi connectivity index (χ0) is 22.2. The highest BCUT2D eigenvalue weighted by molar-refractivity contribution is 6.33. The Hall–Kier alpha value is -3.11. The van der Waals surface area contributed by atoms with Crippen LogP contribution in [0.5, 0.6) is 0 Å². The highest BCUT2D eigenvalue weighted by atomic mass is 35.5. The Bertz CT molecular complexity index is 1170. The lowest BCUT2D eigenvalue weighted by Gasteiger charge is -2.10. The summed E-state index contributed by atoms with van der Waals surface area (Å²) < 4.78 is 2.36. The largest absolute Gasteiger partial charge is 0.352 e. The van der Waals surface area contributed by atoms with Gasteiger partial charge >= 0.3 is 0 Å². The molecule has 0 aliphatic heterocycles. The maximum Gasteiger partial charge on any atom is 0.252 e. The van der Waals surface area contributed by atoms with Gasteiger partial charge in [0, 0.05) is 19.5 Å².